The molecule has 0 spiro atoms. The molecule has 0 bridgehead atoms. The molecular formula is C13H26N2. The standard InChI is InChI=1S/C13H26N2/c1-3-13-5-4-9-15(13)10-8-14-11(2)12-6-7-12/h11-14H,3-10H2,1-2H3. The van der Waals surface area contributed by atoms with Crippen LogP contribution < -0.4 is 5.32 Å². The Kier molecular flexibility index (Phi) is 4.04. The van der Waals surface area contributed by atoms with E-state index < -0.39 is 0 Å². The molecule has 0 amide bonds. The molecule has 2 aliphatic rings. The molecule has 1 aliphatic heterocycles. The van der Waals surface area contributed by atoms with Crippen molar-refractivity contribution in [2.24, 2.45) is 5.92 Å². The highest BCUT2D eigenvalue weighted by Gasteiger charge is 2.28. The summed E-state index contributed by atoms with van der Waals surface area (Å²) >= 11 is 0. The van der Waals surface area contributed by atoms with Crippen molar-refractivity contribution >= 4 is 0 Å². The molecule has 2 atom stereocenters. The molecule has 1 saturated heterocycles. The molecule has 2 fully saturated rings. The summed E-state index contributed by atoms with van der Waals surface area (Å²) < 4.78 is 0. The zero-order valence-electron chi connectivity index (χ0n) is 10.3. The van der Waals surface area contributed by atoms with Gasteiger partial charge in [0.2, 0.25) is 0 Å². The van der Waals surface area contributed by atoms with Crippen molar-refractivity contribution in [2.45, 2.75) is 58.0 Å². The van der Waals surface area contributed by atoms with Crippen molar-refractivity contribution in [1.82, 2.24) is 10.2 Å². The van der Waals surface area contributed by atoms with Crippen molar-refractivity contribution in [2.75, 3.05) is 19.6 Å². The minimum atomic E-state index is 0.757. The number of rotatable bonds is 6. The van der Waals surface area contributed by atoms with Gasteiger partial charge < -0.3 is 5.32 Å². The van der Waals surface area contributed by atoms with E-state index in [0.29, 0.717) is 0 Å². The Morgan fingerprint density at radius 1 is 1.33 bits per heavy atom. The molecule has 1 aliphatic carbocycles. The van der Waals surface area contributed by atoms with Crippen LogP contribution in [0.2, 0.25) is 0 Å². The van der Waals surface area contributed by atoms with Gasteiger partial charge in [0.1, 0.15) is 0 Å². The van der Waals surface area contributed by atoms with E-state index in [0.717, 1.165) is 18.0 Å². The van der Waals surface area contributed by atoms with Crippen LogP contribution in [0, 0.1) is 5.92 Å². The van der Waals surface area contributed by atoms with Gasteiger partial charge in [-0.25, -0.2) is 0 Å². The molecular weight excluding hydrogens is 184 g/mol. The first-order valence-electron chi connectivity index (χ1n) is 6.78. The summed E-state index contributed by atoms with van der Waals surface area (Å²) in [5.74, 6) is 0.991. The van der Waals surface area contributed by atoms with Crippen molar-refractivity contribution in [1.29, 1.82) is 0 Å². The van der Waals surface area contributed by atoms with Crippen LogP contribution in [0.15, 0.2) is 0 Å². The topological polar surface area (TPSA) is 15.3 Å². The fourth-order valence-electron chi connectivity index (χ4n) is 2.85. The van der Waals surface area contributed by atoms with E-state index in [1.54, 1.807) is 0 Å². The third kappa shape index (κ3) is 3.18. The van der Waals surface area contributed by atoms with Crippen LogP contribution in [0.25, 0.3) is 0 Å². The number of hydrogen-bond donors (Lipinski definition) is 1. The first-order valence-corrected chi connectivity index (χ1v) is 6.78. The zero-order valence-corrected chi connectivity index (χ0v) is 10.3. The SMILES string of the molecule is CCC1CCCN1CCNC(C)C1CC1. The largest absolute Gasteiger partial charge is 0.313 e. The van der Waals surface area contributed by atoms with Crippen LogP contribution in [0.4, 0.5) is 0 Å². The molecule has 1 N–H and O–H groups in total. The molecule has 2 unspecified atom stereocenters. The molecule has 15 heavy (non-hydrogen) atoms. The Morgan fingerprint density at radius 3 is 2.80 bits per heavy atom. The number of nitrogens with zero attached hydrogens (tertiary/aromatic N) is 1. The molecule has 0 radical (unpaired) electrons. The maximum atomic E-state index is 3.67. The van der Waals surface area contributed by atoms with E-state index >= 15 is 0 Å². The highest BCUT2D eigenvalue weighted by molar-refractivity contribution is 4.84. The summed E-state index contributed by atoms with van der Waals surface area (Å²) in [5.41, 5.74) is 0. The molecule has 1 saturated carbocycles. The van der Waals surface area contributed by atoms with Gasteiger partial charge in [-0.05, 0) is 51.5 Å². The third-order valence-electron chi connectivity index (χ3n) is 4.16. The van der Waals surface area contributed by atoms with Gasteiger partial charge in [-0.2, -0.15) is 0 Å². The van der Waals surface area contributed by atoms with Gasteiger partial charge in [0.25, 0.3) is 0 Å². The lowest BCUT2D eigenvalue weighted by molar-refractivity contribution is 0.244. The van der Waals surface area contributed by atoms with Gasteiger partial charge in [0, 0.05) is 25.2 Å². The minimum absolute atomic E-state index is 0.757. The second kappa shape index (κ2) is 5.31. The van der Waals surface area contributed by atoms with Gasteiger partial charge in [0.05, 0.1) is 0 Å². The highest BCUT2D eigenvalue weighted by atomic mass is 15.2. The third-order valence-corrected chi connectivity index (χ3v) is 4.16. The molecule has 0 aromatic rings. The van der Waals surface area contributed by atoms with Gasteiger partial charge in [0.15, 0.2) is 0 Å². The van der Waals surface area contributed by atoms with Crippen molar-refractivity contribution in [3.05, 3.63) is 0 Å². The maximum absolute atomic E-state index is 3.67. The Balaban J connectivity index is 1.60. The lowest BCUT2D eigenvalue weighted by atomic mass is 10.2. The van der Waals surface area contributed by atoms with Crippen LogP contribution in [0.3, 0.4) is 0 Å². The Morgan fingerprint density at radius 2 is 2.13 bits per heavy atom. The molecule has 2 rings (SSSR count). The lowest BCUT2D eigenvalue weighted by Gasteiger charge is -2.24. The van der Waals surface area contributed by atoms with E-state index in [9.17, 15) is 0 Å². The molecule has 0 aromatic heterocycles. The molecule has 1 heterocycles. The lowest BCUT2D eigenvalue weighted by Crippen LogP contribution is -2.38. The first kappa shape index (κ1) is 11.4. The van der Waals surface area contributed by atoms with Crippen LogP contribution in [-0.4, -0.2) is 36.6 Å². The second-order valence-electron chi connectivity index (χ2n) is 5.32. The van der Waals surface area contributed by atoms with E-state index in [4.69, 9.17) is 0 Å². The summed E-state index contributed by atoms with van der Waals surface area (Å²) in [7, 11) is 0. The highest BCUT2D eigenvalue weighted by Crippen LogP contribution is 2.32. The van der Waals surface area contributed by atoms with Crippen LogP contribution in [-0.2, 0) is 0 Å². The van der Waals surface area contributed by atoms with Gasteiger partial charge >= 0.3 is 0 Å². The second-order valence-corrected chi connectivity index (χ2v) is 5.32. The Hall–Kier alpha value is -0.0800. The quantitative estimate of drug-likeness (QED) is 0.723. The fourth-order valence-corrected chi connectivity index (χ4v) is 2.85. The fraction of sp³-hybridized carbons (Fsp3) is 1.00. The molecule has 2 heteroatoms. The predicted octanol–water partition coefficient (Wildman–Crippen LogP) is 2.25. The molecule has 2 nitrogen and oxygen atoms in total. The van der Waals surface area contributed by atoms with Crippen LogP contribution in [0.1, 0.15) is 46.0 Å². The Labute approximate surface area is 94.4 Å². The number of likely N-dealkylation sites (tertiary alicyclic amines) is 1. The smallest absolute Gasteiger partial charge is 0.0110 e. The molecule has 88 valence electrons. The van der Waals surface area contributed by atoms with Gasteiger partial charge in [-0.1, -0.05) is 6.92 Å². The summed E-state index contributed by atoms with van der Waals surface area (Å²) in [6.07, 6.45) is 7.08. The average molecular weight is 210 g/mol. The van der Waals surface area contributed by atoms with Gasteiger partial charge in [-0.3, -0.25) is 4.90 Å². The minimum Gasteiger partial charge on any atom is -0.313 e. The summed E-state index contributed by atoms with van der Waals surface area (Å²) in [6.45, 7) is 8.45. The van der Waals surface area contributed by atoms with Crippen molar-refractivity contribution < 1.29 is 0 Å². The van der Waals surface area contributed by atoms with Gasteiger partial charge in [-0.15, -0.1) is 0 Å². The van der Waals surface area contributed by atoms with E-state index in [1.165, 1.54) is 51.7 Å². The first-order chi connectivity index (χ1) is 7.31. The van der Waals surface area contributed by atoms with E-state index in [-0.39, 0.29) is 0 Å². The number of nitrogens with one attached hydrogen (secondary N) is 1. The van der Waals surface area contributed by atoms with E-state index in [2.05, 4.69) is 24.1 Å². The zero-order chi connectivity index (χ0) is 10.7. The summed E-state index contributed by atoms with van der Waals surface area (Å²) in [4.78, 5) is 2.67. The van der Waals surface area contributed by atoms with Crippen LogP contribution in [0.5, 0.6) is 0 Å². The molecule has 0 aromatic carbocycles. The van der Waals surface area contributed by atoms with Crippen LogP contribution >= 0.6 is 0 Å². The maximum Gasteiger partial charge on any atom is 0.0110 e. The van der Waals surface area contributed by atoms with Crippen molar-refractivity contribution in [3.8, 4) is 0 Å². The monoisotopic (exact) mass is 210 g/mol. The summed E-state index contributed by atoms with van der Waals surface area (Å²) in [6, 6.07) is 1.63. The predicted molar refractivity (Wildman–Crippen MR) is 65.1 cm³/mol. The summed E-state index contributed by atoms with van der Waals surface area (Å²) in [5, 5.41) is 3.67. The normalized spacial score (nSPS) is 29.6. The van der Waals surface area contributed by atoms with E-state index in [1.807, 2.05) is 0 Å². The number of hydrogen-bond acceptors (Lipinski definition) is 2. The van der Waals surface area contributed by atoms with Crippen molar-refractivity contribution in [3.63, 3.8) is 0 Å². The Bertz CT molecular complexity index is 189. The average Bonchev–Trinajstić information content (AvgIpc) is 2.99.